The average Bonchev–Trinajstić information content (AvgIpc) is 3.02. The summed E-state index contributed by atoms with van der Waals surface area (Å²) in [6.07, 6.45) is 2.29. The normalized spacial score (nSPS) is 24.3. The Morgan fingerprint density at radius 2 is 1.96 bits per heavy atom. The van der Waals surface area contributed by atoms with Crippen molar-refractivity contribution in [3.63, 3.8) is 0 Å². The first-order chi connectivity index (χ1) is 11.1. The Bertz CT molecular complexity index is 795. The summed E-state index contributed by atoms with van der Waals surface area (Å²) in [5, 5.41) is 0.860. The highest BCUT2D eigenvalue weighted by Gasteiger charge is 2.43. The molecule has 0 saturated carbocycles. The molecule has 23 heavy (non-hydrogen) atoms. The average molecular weight is 312 g/mol. The van der Waals surface area contributed by atoms with Gasteiger partial charge in [0.15, 0.2) is 0 Å². The van der Waals surface area contributed by atoms with Crippen LogP contribution in [0.5, 0.6) is 0 Å². The number of likely N-dealkylation sites (N-methyl/N-ethyl adjacent to an activating group) is 1. The van der Waals surface area contributed by atoms with E-state index in [0.717, 1.165) is 23.8 Å². The number of rotatable bonds is 1. The standard InChI is InChI=1S/C18H20N2O3/c1-11-17(14-5-3-4-6-15(14)23-11)18(22)20-12-7-8-13(20)10-19(2)16(21)9-12/h3-6,12-13H,7-10H2,1-2H3/t12-,13+/m1/s1. The maximum Gasteiger partial charge on any atom is 0.258 e. The van der Waals surface area contributed by atoms with E-state index in [0.29, 0.717) is 24.3 Å². The van der Waals surface area contributed by atoms with Crippen LogP contribution < -0.4 is 0 Å². The van der Waals surface area contributed by atoms with Gasteiger partial charge in [-0.2, -0.15) is 0 Å². The fourth-order valence-electron chi connectivity index (χ4n) is 4.01. The zero-order chi connectivity index (χ0) is 16.1. The number of likely N-dealkylation sites (tertiary alicyclic amines) is 1. The molecule has 2 bridgehead atoms. The van der Waals surface area contributed by atoms with Crippen molar-refractivity contribution in [2.45, 2.75) is 38.3 Å². The second-order valence-electron chi connectivity index (χ2n) is 6.61. The summed E-state index contributed by atoms with van der Waals surface area (Å²) in [5.41, 5.74) is 1.39. The van der Waals surface area contributed by atoms with Crippen molar-refractivity contribution < 1.29 is 14.0 Å². The summed E-state index contributed by atoms with van der Waals surface area (Å²) >= 11 is 0. The molecule has 2 saturated heterocycles. The van der Waals surface area contributed by atoms with Crippen LogP contribution in [0.15, 0.2) is 28.7 Å². The van der Waals surface area contributed by atoms with Gasteiger partial charge in [0.1, 0.15) is 11.3 Å². The summed E-state index contributed by atoms with van der Waals surface area (Å²) < 4.78 is 5.75. The third kappa shape index (κ3) is 2.14. The van der Waals surface area contributed by atoms with Crippen molar-refractivity contribution in [1.82, 2.24) is 9.80 Å². The van der Waals surface area contributed by atoms with Gasteiger partial charge in [-0.3, -0.25) is 9.59 Å². The van der Waals surface area contributed by atoms with E-state index in [1.165, 1.54) is 0 Å². The number of fused-ring (bicyclic) bond motifs is 3. The minimum atomic E-state index is 0.00282. The molecule has 2 fully saturated rings. The number of furan rings is 1. The van der Waals surface area contributed by atoms with Crippen LogP contribution in [-0.2, 0) is 4.79 Å². The molecule has 2 amide bonds. The minimum Gasteiger partial charge on any atom is -0.461 e. The molecule has 0 aliphatic carbocycles. The molecule has 2 atom stereocenters. The number of aryl methyl sites for hydroxylation is 1. The zero-order valence-electron chi connectivity index (χ0n) is 13.4. The first kappa shape index (κ1) is 14.3. The fourth-order valence-corrected chi connectivity index (χ4v) is 4.01. The topological polar surface area (TPSA) is 53.8 Å². The van der Waals surface area contributed by atoms with Crippen molar-refractivity contribution >= 4 is 22.8 Å². The SMILES string of the molecule is Cc1oc2ccccc2c1C(=O)N1[C@@H]2CC[C@H]1CN(C)C(=O)C2. The van der Waals surface area contributed by atoms with Crippen LogP contribution in [0.25, 0.3) is 11.0 Å². The molecule has 0 N–H and O–H groups in total. The first-order valence-electron chi connectivity index (χ1n) is 8.11. The highest BCUT2D eigenvalue weighted by molar-refractivity contribution is 6.07. The molecule has 3 heterocycles. The van der Waals surface area contributed by atoms with Crippen molar-refractivity contribution in [3.8, 4) is 0 Å². The van der Waals surface area contributed by atoms with Gasteiger partial charge in [0.25, 0.3) is 5.91 Å². The molecule has 2 aromatic rings. The van der Waals surface area contributed by atoms with E-state index in [2.05, 4.69) is 0 Å². The Labute approximate surface area is 134 Å². The van der Waals surface area contributed by atoms with Crippen LogP contribution in [0.3, 0.4) is 0 Å². The van der Waals surface area contributed by atoms with E-state index in [9.17, 15) is 9.59 Å². The molecular formula is C18H20N2O3. The number of para-hydroxylation sites is 1. The largest absolute Gasteiger partial charge is 0.461 e. The molecule has 5 nitrogen and oxygen atoms in total. The van der Waals surface area contributed by atoms with Gasteiger partial charge in [-0.05, 0) is 25.8 Å². The van der Waals surface area contributed by atoms with Crippen LogP contribution in [0.1, 0.15) is 35.4 Å². The lowest BCUT2D eigenvalue weighted by molar-refractivity contribution is -0.130. The van der Waals surface area contributed by atoms with E-state index in [4.69, 9.17) is 4.42 Å². The Hall–Kier alpha value is -2.30. The van der Waals surface area contributed by atoms with Crippen molar-refractivity contribution in [1.29, 1.82) is 0 Å². The monoisotopic (exact) mass is 312 g/mol. The molecular weight excluding hydrogens is 292 g/mol. The number of carbonyl (C=O) groups excluding carboxylic acids is 2. The van der Waals surface area contributed by atoms with Crippen molar-refractivity contribution in [3.05, 3.63) is 35.6 Å². The van der Waals surface area contributed by atoms with Gasteiger partial charge in [0.05, 0.1) is 5.56 Å². The highest BCUT2D eigenvalue weighted by Crippen LogP contribution is 2.34. The Morgan fingerprint density at radius 3 is 2.78 bits per heavy atom. The molecule has 0 radical (unpaired) electrons. The predicted octanol–water partition coefficient (Wildman–Crippen LogP) is 2.58. The fraction of sp³-hybridized carbons (Fsp3) is 0.444. The third-order valence-corrected chi connectivity index (χ3v) is 5.16. The van der Waals surface area contributed by atoms with Gasteiger partial charge in [-0.1, -0.05) is 18.2 Å². The lowest BCUT2D eigenvalue weighted by Gasteiger charge is -2.28. The Kier molecular flexibility index (Phi) is 3.18. The maximum atomic E-state index is 13.3. The molecule has 4 rings (SSSR count). The Morgan fingerprint density at radius 1 is 1.22 bits per heavy atom. The van der Waals surface area contributed by atoms with Crippen LogP contribution in [0.4, 0.5) is 0 Å². The lowest BCUT2D eigenvalue weighted by Crippen LogP contribution is -2.42. The first-order valence-corrected chi connectivity index (χ1v) is 8.11. The molecule has 2 aliphatic heterocycles. The van der Waals surface area contributed by atoms with Gasteiger partial charge in [0, 0.05) is 37.5 Å². The van der Waals surface area contributed by atoms with Crippen LogP contribution in [0.2, 0.25) is 0 Å². The van der Waals surface area contributed by atoms with E-state index < -0.39 is 0 Å². The smallest absolute Gasteiger partial charge is 0.258 e. The molecule has 5 heteroatoms. The van der Waals surface area contributed by atoms with Crippen LogP contribution in [-0.4, -0.2) is 47.3 Å². The quantitative estimate of drug-likeness (QED) is 0.813. The molecule has 1 aromatic carbocycles. The number of hydrogen-bond acceptors (Lipinski definition) is 3. The van der Waals surface area contributed by atoms with E-state index >= 15 is 0 Å². The summed E-state index contributed by atoms with van der Waals surface area (Å²) in [6.45, 7) is 2.46. The van der Waals surface area contributed by atoms with Gasteiger partial charge in [-0.15, -0.1) is 0 Å². The van der Waals surface area contributed by atoms with Gasteiger partial charge in [-0.25, -0.2) is 0 Å². The zero-order valence-corrected chi connectivity index (χ0v) is 13.4. The molecule has 2 aliphatic rings. The second kappa shape index (κ2) is 5.11. The van der Waals surface area contributed by atoms with Crippen LogP contribution >= 0.6 is 0 Å². The number of nitrogens with zero attached hydrogens (tertiary/aromatic N) is 2. The summed E-state index contributed by atoms with van der Waals surface area (Å²) in [4.78, 5) is 29.1. The maximum absolute atomic E-state index is 13.3. The van der Waals surface area contributed by atoms with E-state index in [-0.39, 0.29) is 23.9 Å². The minimum absolute atomic E-state index is 0.00282. The van der Waals surface area contributed by atoms with Gasteiger partial charge in [0.2, 0.25) is 5.91 Å². The second-order valence-corrected chi connectivity index (χ2v) is 6.61. The molecule has 1 aromatic heterocycles. The number of benzene rings is 1. The van der Waals surface area contributed by atoms with Gasteiger partial charge >= 0.3 is 0 Å². The third-order valence-electron chi connectivity index (χ3n) is 5.16. The lowest BCUT2D eigenvalue weighted by atomic mass is 10.1. The summed E-state index contributed by atoms with van der Waals surface area (Å²) in [6, 6.07) is 7.75. The number of hydrogen-bond donors (Lipinski definition) is 0. The van der Waals surface area contributed by atoms with Crippen molar-refractivity contribution in [2.75, 3.05) is 13.6 Å². The van der Waals surface area contributed by atoms with Crippen LogP contribution in [0, 0.1) is 6.92 Å². The molecule has 0 unspecified atom stereocenters. The summed E-state index contributed by atoms with van der Waals surface area (Å²) in [7, 11) is 1.82. The Balaban J connectivity index is 1.76. The summed E-state index contributed by atoms with van der Waals surface area (Å²) in [5.74, 6) is 0.784. The highest BCUT2D eigenvalue weighted by atomic mass is 16.3. The predicted molar refractivity (Wildman–Crippen MR) is 86.2 cm³/mol. The van der Waals surface area contributed by atoms with Crippen molar-refractivity contribution in [2.24, 2.45) is 0 Å². The van der Waals surface area contributed by atoms with E-state index in [1.807, 2.05) is 43.1 Å². The number of carbonyl (C=O) groups is 2. The molecule has 0 spiro atoms. The van der Waals surface area contributed by atoms with E-state index in [1.54, 1.807) is 4.90 Å². The molecule has 120 valence electrons. The number of amides is 2. The van der Waals surface area contributed by atoms with Gasteiger partial charge < -0.3 is 14.2 Å².